The predicted octanol–water partition coefficient (Wildman–Crippen LogP) is 4.23. The molecule has 1 N–H and O–H groups in total. The first-order valence-electron chi connectivity index (χ1n) is 9.46. The van der Waals surface area contributed by atoms with Gasteiger partial charge in [0.2, 0.25) is 0 Å². The van der Waals surface area contributed by atoms with Crippen molar-refractivity contribution in [1.82, 2.24) is 20.0 Å². The van der Waals surface area contributed by atoms with Gasteiger partial charge < -0.3 is 9.51 Å². The Morgan fingerprint density at radius 1 is 1.27 bits per heavy atom. The van der Waals surface area contributed by atoms with Crippen LogP contribution in [0.25, 0.3) is 0 Å². The van der Waals surface area contributed by atoms with Crippen LogP contribution in [-0.4, -0.2) is 26.6 Å². The minimum atomic E-state index is 0.142. The van der Waals surface area contributed by atoms with Crippen molar-refractivity contribution in [2.24, 2.45) is 0 Å². The molecule has 4 rings (SSSR count). The van der Waals surface area contributed by atoms with Crippen LogP contribution in [0.2, 0.25) is 0 Å². The lowest BCUT2D eigenvalue weighted by molar-refractivity contribution is 0.178. The number of H-pyrrole nitrogens is 1. The van der Waals surface area contributed by atoms with E-state index in [-0.39, 0.29) is 6.04 Å². The topological polar surface area (TPSA) is 58.0 Å². The minimum absolute atomic E-state index is 0.142. The molecule has 3 heterocycles. The van der Waals surface area contributed by atoms with Crippen LogP contribution in [-0.2, 0) is 19.4 Å². The number of imidazole rings is 1. The first-order valence-corrected chi connectivity index (χ1v) is 9.46. The average Bonchev–Trinajstić information content (AvgIpc) is 3.31. The third-order valence-electron chi connectivity index (χ3n) is 5.26. The molecule has 0 spiro atoms. The standard InChI is InChI=1S/C21H26N4O/c1-4-15-5-7-16(8-6-15)21-20-18(22-13-23-20)9-10-25(21)12-17-11-19(14(2)3)24-26-17/h5-8,11,13-14,21H,4,9-10,12H2,1-3H3,(H,22,23)/t21-/m0/s1. The van der Waals surface area contributed by atoms with E-state index in [1.54, 1.807) is 0 Å². The Hall–Kier alpha value is -2.40. The van der Waals surface area contributed by atoms with Crippen LogP contribution in [0.5, 0.6) is 0 Å². The Labute approximate surface area is 154 Å². The van der Waals surface area contributed by atoms with Gasteiger partial charge in [-0.3, -0.25) is 4.90 Å². The molecule has 1 atom stereocenters. The van der Waals surface area contributed by atoms with Crippen molar-refractivity contribution in [2.75, 3.05) is 6.54 Å². The fourth-order valence-electron chi connectivity index (χ4n) is 3.68. The molecule has 0 fully saturated rings. The summed E-state index contributed by atoms with van der Waals surface area (Å²) in [6, 6.07) is 11.1. The third kappa shape index (κ3) is 3.19. The fraction of sp³-hybridized carbons (Fsp3) is 0.429. The smallest absolute Gasteiger partial charge is 0.151 e. The van der Waals surface area contributed by atoms with Crippen LogP contribution in [0.15, 0.2) is 41.2 Å². The number of aryl methyl sites for hydroxylation is 1. The number of rotatable bonds is 5. The summed E-state index contributed by atoms with van der Waals surface area (Å²) in [7, 11) is 0. The first-order chi connectivity index (χ1) is 12.7. The molecule has 5 nitrogen and oxygen atoms in total. The summed E-state index contributed by atoms with van der Waals surface area (Å²) in [5.74, 6) is 1.30. The number of hydrogen-bond acceptors (Lipinski definition) is 4. The van der Waals surface area contributed by atoms with Crippen LogP contribution in [0.3, 0.4) is 0 Å². The van der Waals surface area contributed by atoms with E-state index >= 15 is 0 Å². The molecule has 2 aromatic heterocycles. The van der Waals surface area contributed by atoms with E-state index in [0.717, 1.165) is 43.1 Å². The number of fused-ring (bicyclic) bond motifs is 1. The van der Waals surface area contributed by atoms with Gasteiger partial charge in [0.05, 0.1) is 30.3 Å². The molecule has 0 unspecified atom stereocenters. The van der Waals surface area contributed by atoms with E-state index < -0.39 is 0 Å². The Bertz CT molecular complexity index is 862. The molecule has 0 aliphatic carbocycles. The van der Waals surface area contributed by atoms with E-state index in [1.165, 1.54) is 16.8 Å². The molecule has 0 radical (unpaired) electrons. The summed E-state index contributed by atoms with van der Waals surface area (Å²) in [6.45, 7) is 8.16. The van der Waals surface area contributed by atoms with Crippen LogP contribution >= 0.6 is 0 Å². The number of benzene rings is 1. The third-order valence-corrected chi connectivity index (χ3v) is 5.26. The Kier molecular flexibility index (Phi) is 4.64. The molecule has 1 aliphatic heterocycles. The van der Waals surface area contributed by atoms with Crippen molar-refractivity contribution in [2.45, 2.75) is 52.1 Å². The van der Waals surface area contributed by atoms with Crippen LogP contribution < -0.4 is 0 Å². The number of aromatic amines is 1. The van der Waals surface area contributed by atoms with Gasteiger partial charge in [-0.05, 0) is 23.5 Å². The molecule has 136 valence electrons. The summed E-state index contributed by atoms with van der Waals surface area (Å²) in [5, 5.41) is 4.21. The maximum Gasteiger partial charge on any atom is 0.151 e. The molecule has 0 saturated heterocycles. The minimum Gasteiger partial charge on any atom is -0.360 e. The van der Waals surface area contributed by atoms with Gasteiger partial charge in [-0.25, -0.2) is 4.98 Å². The largest absolute Gasteiger partial charge is 0.360 e. The maximum atomic E-state index is 5.60. The molecule has 0 amide bonds. The van der Waals surface area contributed by atoms with Gasteiger partial charge in [0.15, 0.2) is 5.76 Å². The van der Waals surface area contributed by atoms with Crippen molar-refractivity contribution >= 4 is 0 Å². The zero-order chi connectivity index (χ0) is 18.1. The van der Waals surface area contributed by atoms with Gasteiger partial charge in [0, 0.05) is 24.7 Å². The molecule has 5 heteroatoms. The SMILES string of the molecule is CCc1ccc([C@H]2c3nc[nH]c3CCN2Cc2cc(C(C)C)no2)cc1. The lowest BCUT2D eigenvalue weighted by Crippen LogP contribution is -2.35. The first kappa shape index (κ1) is 17.0. The number of nitrogens with zero attached hydrogens (tertiary/aromatic N) is 3. The van der Waals surface area contributed by atoms with Gasteiger partial charge in [-0.15, -0.1) is 0 Å². The van der Waals surface area contributed by atoms with Gasteiger partial charge in [-0.2, -0.15) is 0 Å². The van der Waals surface area contributed by atoms with Gasteiger partial charge >= 0.3 is 0 Å². The number of nitrogens with one attached hydrogen (secondary N) is 1. The molecular formula is C21H26N4O. The number of aromatic nitrogens is 3. The Morgan fingerprint density at radius 3 is 2.77 bits per heavy atom. The van der Waals surface area contributed by atoms with Crippen molar-refractivity contribution in [3.05, 3.63) is 70.6 Å². The maximum absolute atomic E-state index is 5.60. The molecule has 1 aromatic carbocycles. The van der Waals surface area contributed by atoms with Crippen LogP contribution in [0.4, 0.5) is 0 Å². The molecule has 3 aromatic rings. The van der Waals surface area contributed by atoms with Gasteiger partial charge in [-0.1, -0.05) is 50.2 Å². The van der Waals surface area contributed by atoms with Gasteiger partial charge in [0.25, 0.3) is 0 Å². The Balaban J connectivity index is 1.65. The van der Waals surface area contributed by atoms with Crippen molar-refractivity contribution in [3.8, 4) is 0 Å². The Morgan fingerprint density at radius 2 is 2.08 bits per heavy atom. The van der Waals surface area contributed by atoms with E-state index in [2.05, 4.69) is 71.1 Å². The van der Waals surface area contributed by atoms with Gasteiger partial charge in [0.1, 0.15) is 0 Å². The summed E-state index contributed by atoms with van der Waals surface area (Å²) in [6.07, 6.45) is 3.84. The summed E-state index contributed by atoms with van der Waals surface area (Å²) in [4.78, 5) is 10.4. The molecule has 1 aliphatic rings. The zero-order valence-electron chi connectivity index (χ0n) is 15.7. The molecule has 0 saturated carbocycles. The molecule has 0 bridgehead atoms. The van der Waals surface area contributed by atoms with Crippen molar-refractivity contribution < 1.29 is 4.52 Å². The monoisotopic (exact) mass is 350 g/mol. The summed E-state index contributed by atoms with van der Waals surface area (Å²) in [5.41, 5.74) is 6.02. The highest BCUT2D eigenvalue weighted by molar-refractivity contribution is 5.34. The van der Waals surface area contributed by atoms with E-state index in [4.69, 9.17) is 4.52 Å². The van der Waals surface area contributed by atoms with Crippen molar-refractivity contribution in [3.63, 3.8) is 0 Å². The second kappa shape index (κ2) is 7.08. The van der Waals surface area contributed by atoms with E-state index in [9.17, 15) is 0 Å². The lowest BCUT2D eigenvalue weighted by Gasteiger charge is -2.34. The summed E-state index contributed by atoms with van der Waals surface area (Å²) >= 11 is 0. The molecule has 26 heavy (non-hydrogen) atoms. The highest BCUT2D eigenvalue weighted by Gasteiger charge is 2.31. The van der Waals surface area contributed by atoms with E-state index in [0.29, 0.717) is 5.92 Å². The second-order valence-corrected chi connectivity index (χ2v) is 7.36. The van der Waals surface area contributed by atoms with Crippen molar-refractivity contribution in [1.29, 1.82) is 0 Å². The zero-order valence-corrected chi connectivity index (χ0v) is 15.7. The highest BCUT2D eigenvalue weighted by Crippen LogP contribution is 2.34. The van der Waals surface area contributed by atoms with E-state index in [1.807, 2.05) is 6.33 Å². The lowest BCUT2D eigenvalue weighted by atomic mass is 9.94. The normalized spacial score (nSPS) is 17.6. The number of hydrogen-bond donors (Lipinski definition) is 1. The van der Waals surface area contributed by atoms with Crippen LogP contribution in [0.1, 0.15) is 66.7 Å². The fourth-order valence-corrected chi connectivity index (χ4v) is 3.68. The second-order valence-electron chi connectivity index (χ2n) is 7.36. The highest BCUT2D eigenvalue weighted by atomic mass is 16.5. The predicted molar refractivity (Wildman–Crippen MR) is 101 cm³/mol. The average molecular weight is 350 g/mol. The van der Waals surface area contributed by atoms with Crippen LogP contribution in [0, 0.1) is 0 Å². The summed E-state index contributed by atoms with van der Waals surface area (Å²) < 4.78 is 5.60. The quantitative estimate of drug-likeness (QED) is 0.748. The molecular weight excluding hydrogens is 324 g/mol.